The molecular formula is C14H17NO3. The molecule has 0 saturated carbocycles. The molecule has 0 fully saturated rings. The number of aromatic nitrogens is 1. The molecule has 1 heterocycles. The number of nitrogens with zero attached hydrogens (tertiary/aromatic N) is 1. The van der Waals surface area contributed by atoms with Gasteiger partial charge >= 0.3 is 11.4 Å². The van der Waals surface area contributed by atoms with Crippen molar-refractivity contribution in [3.8, 4) is 0 Å². The molecule has 0 aliphatic heterocycles. The fourth-order valence-corrected chi connectivity index (χ4v) is 1.94. The Morgan fingerprint density at radius 1 is 1.28 bits per heavy atom. The zero-order chi connectivity index (χ0) is 13.3. The van der Waals surface area contributed by atoms with Crippen LogP contribution in [0, 0.1) is 12.8 Å². The zero-order valence-corrected chi connectivity index (χ0v) is 10.9. The predicted octanol–water partition coefficient (Wildman–Crippen LogP) is 2.31. The third-order valence-electron chi connectivity index (χ3n) is 2.99. The molecule has 4 heteroatoms. The second kappa shape index (κ2) is 4.80. The van der Waals surface area contributed by atoms with Gasteiger partial charge in [0.2, 0.25) is 0 Å². The average molecular weight is 247 g/mol. The van der Waals surface area contributed by atoms with E-state index in [4.69, 9.17) is 4.42 Å². The summed E-state index contributed by atoms with van der Waals surface area (Å²) in [6.45, 7) is 6.66. The van der Waals surface area contributed by atoms with Crippen molar-refractivity contribution >= 4 is 10.9 Å². The van der Waals surface area contributed by atoms with Crippen molar-refractivity contribution in [3.05, 3.63) is 44.7 Å². The van der Waals surface area contributed by atoms with Gasteiger partial charge in [-0.1, -0.05) is 25.5 Å². The van der Waals surface area contributed by atoms with Crippen LogP contribution in [0.3, 0.4) is 0 Å². The molecule has 2 aromatic rings. The summed E-state index contributed by atoms with van der Waals surface area (Å²) in [5.74, 6) is -0.0821. The summed E-state index contributed by atoms with van der Waals surface area (Å²) in [6, 6.07) is 5.46. The monoisotopic (exact) mass is 247 g/mol. The topological polar surface area (TPSA) is 52.2 Å². The number of hydrogen-bond donors (Lipinski definition) is 0. The van der Waals surface area contributed by atoms with Crippen molar-refractivity contribution in [2.24, 2.45) is 5.92 Å². The molecule has 1 aromatic heterocycles. The van der Waals surface area contributed by atoms with Gasteiger partial charge in [0.1, 0.15) is 0 Å². The van der Waals surface area contributed by atoms with Gasteiger partial charge in [-0.05, 0) is 31.4 Å². The van der Waals surface area contributed by atoms with Crippen molar-refractivity contribution in [2.45, 2.75) is 33.7 Å². The highest BCUT2D eigenvalue weighted by atomic mass is 16.4. The Balaban J connectivity index is 2.65. The van der Waals surface area contributed by atoms with Gasteiger partial charge in [-0.3, -0.25) is 4.57 Å². The van der Waals surface area contributed by atoms with Crippen LogP contribution in [-0.2, 0) is 6.54 Å². The van der Waals surface area contributed by atoms with Gasteiger partial charge in [-0.25, -0.2) is 9.59 Å². The quantitative estimate of drug-likeness (QED) is 0.836. The molecule has 0 aliphatic carbocycles. The van der Waals surface area contributed by atoms with Gasteiger partial charge in [-0.2, -0.15) is 0 Å². The SMILES string of the molecule is Cc1ccc2c(c1)c(=O)oc(=O)n2CCC(C)C. The summed E-state index contributed by atoms with van der Waals surface area (Å²) < 4.78 is 6.30. The fraction of sp³-hybridized carbons (Fsp3) is 0.429. The molecule has 0 N–H and O–H groups in total. The van der Waals surface area contributed by atoms with Crippen LogP contribution in [0.25, 0.3) is 10.9 Å². The Hall–Kier alpha value is -1.84. The Morgan fingerprint density at radius 3 is 2.67 bits per heavy atom. The number of hydrogen-bond acceptors (Lipinski definition) is 3. The molecule has 0 spiro atoms. The lowest BCUT2D eigenvalue weighted by Gasteiger charge is -2.10. The van der Waals surface area contributed by atoms with Crippen LogP contribution in [0.1, 0.15) is 25.8 Å². The lowest BCUT2D eigenvalue weighted by Crippen LogP contribution is -2.25. The van der Waals surface area contributed by atoms with Crippen molar-refractivity contribution in [3.63, 3.8) is 0 Å². The second-order valence-electron chi connectivity index (χ2n) is 5.01. The summed E-state index contributed by atoms with van der Waals surface area (Å²) in [5, 5.41) is 0.471. The summed E-state index contributed by atoms with van der Waals surface area (Å²) >= 11 is 0. The standard InChI is InChI=1S/C14H17NO3/c1-9(2)6-7-15-12-5-4-10(3)8-11(12)13(16)18-14(15)17/h4-5,8-9H,6-7H2,1-3H3. The first-order valence-electron chi connectivity index (χ1n) is 6.13. The molecule has 0 amide bonds. The summed E-state index contributed by atoms with van der Waals surface area (Å²) in [7, 11) is 0. The van der Waals surface area contributed by atoms with Crippen LogP contribution in [0.2, 0.25) is 0 Å². The van der Waals surface area contributed by atoms with E-state index in [1.165, 1.54) is 4.57 Å². The highest BCUT2D eigenvalue weighted by Gasteiger charge is 2.09. The Morgan fingerprint density at radius 2 is 2.00 bits per heavy atom. The van der Waals surface area contributed by atoms with Gasteiger partial charge in [0.05, 0.1) is 10.9 Å². The molecule has 1 aromatic carbocycles. The predicted molar refractivity (Wildman–Crippen MR) is 70.9 cm³/mol. The molecule has 0 radical (unpaired) electrons. The maximum Gasteiger partial charge on any atom is 0.422 e. The summed E-state index contributed by atoms with van der Waals surface area (Å²) in [6.07, 6.45) is 0.872. The van der Waals surface area contributed by atoms with Crippen molar-refractivity contribution in [2.75, 3.05) is 0 Å². The van der Waals surface area contributed by atoms with Gasteiger partial charge < -0.3 is 4.42 Å². The van der Waals surface area contributed by atoms with Crippen molar-refractivity contribution in [1.82, 2.24) is 4.57 Å². The van der Waals surface area contributed by atoms with E-state index >= 15 is 0 Å². The smallest absolute Gasteiger partial charge is 0.372 e. The third-order valence-corrected chi connectivity index (χ3v) is 2.99. The molecule has 0 bridgehead atoms. The fourth-order valence-electron chi connectivity index (χ4n) is 1.94. The maximum atomic E-state index is 11.7. The van der Waals surface area contributed by atoms with Gasteiger partial charge in [0.15, 0.2) is 0 Å². The molecule has 96 valence electrons. The van der Waals surface area contributed by atoms with E-state index in [9.17, 15) is 9.59 Å². The largest absolute Gasteiger partial charge is 0.422 e. The lowest BCUT2D eigenvalue weighted by molar-refractivity contribution is 0.399. The van der Waals surface area contributed by atoms with E-state index in [2.05, 4.69) is 13.8 Å². The Kier molecular flexibility index (Phi) is 3.36. The van der Waals surface area contributed by atoms with Crippen molar-refractivity contribution in [1.29, 1.82) is 0 Å². The van der Waals surface area contributed by atoms with Crippen LogP contribution >= 0.6 is 0 Å². The molecule has 2 rings (SSSR count). The average Bonchev–Trinajstić information content (AvgIpc) is 2.29. The van der Waals surface area contributed by atoms with E-state index in [1.54, 1.807) is 6.07 Å². The van der Waals surface area contributed by atoms with Gasteiger partial charge in [0, 0.05) is 6.54 Å². The van der Waals surface area contributed by atoms with Crippen LogP contribution in [0.5, 0.6) is 0 Å². The first-order chi connectivity index (χ1) is 8.49. The van der Waals surface area contributed by atoms with E-state index < -0.39 is 11.4 Å². The number of aryl methyl sites for hydroxylation is 2. The van der Waals surface area contributed by atoms with Crippen LogP contribution in [0.15, 0.2) is 32.2 Å². The minimum Gasteiger partial charge on any atom is -0.372 e. The molecular weight excluding hydrogens is 230 g/mol. The number of fused-ring (bicyclic) bond motifs is 1. The van der Waals surface area contributed by atoms with Crippen LogP contribution in [0.4, 0.5) is 0 Å². The number of rotatable bonds is 3. The van der Waals surface area contributed by atoms with E-state index in [0.29, 0.717) is 23.4 Å². The first-order valence-corrected chi connectivity index (χ1v) is 6.13. The molecule has 4 nitrogen and oxygen atoms in total. The second-order valence-corrected chi connectivity index (χ2v) is 5.01. The highest BCUT2D eigenvalue weighted by molar-refractivity contribution is 5.78. The molecule has 0 unspecified atom stereocenters. The minimum atomic E-state index is -0.572. The first kappa shape index (κ1) is 12.6. The Labute approximate surface area is 105 Å². The highest BCUT2D eigenvalue weighted by Crippen LogP contribution is 2.12. The normalized spacial score (nSPS) is 11.3. The van der Waals surface area contributed by atoms with Gasteiger partial charge in [-0.15, -0.1) is 0 Å². The van der Waals surface area contributed by atoms with Crippen molar-refractivity contribution < 1.29 is 4.42 Å². The summed E-state index contributed by atoms with van der Waals surface area (Å²) in [4.78, 5) is 23.4. The van der Waals surface area contributed by atoms with Crippen LogP contribution in [-0.4, -0.2) is 4.57 Å². The third kappa shape index (κ3) is 2.37. The molecule has 0 saturated heterocycles. The van der Waals surface area contributed by atoms with Gasteiger partial charge in [0.25, 0.3) is 0 Å². The zero-order valence-electron chi connectivity index (χ0n) is 10.9. The molecule has 0 aliphatic rings. The maximum absolute atomic E-state index is 11.7. The number of benzene rings is 1. The van der Waals surface area contributed by atoms with Crippen LogP contribution < -0.4 is 11.4 Å². The lowest BCUT2D eigenvalue weighted by atomic mass is 10.1. The van der Waals surface area contributed by atoms with E-state index in [-0.39, 0.29) is 0 Å². The molecule has 0 atom stereocenters. The molecule has 18 heavy (non-hydrogen) atoms. The minimum absolute atomic E-state index is 0.471. The van der Waals surface area contributed by atoms with E-state index in [0.717, 1.165) is 12.0 Å². The summed E-state index contributed by atoms with van der Waals surface area (Å²) in [5.41, 5.74) is 1.07. The van der Waals surface area contributed by atoms with E-state index in [1.807, 2.05) is 19.1 Å². The Bertz CT molecular complexity index is 679.